The molecule has 0 rings (SSSR count). The minimum atomic E-state index is 0.815. The van der Waals surface area contributed by atoms with Crippen molar-refractivity contribution >= 4 is 0 Å². The largest absolute Gasteiger partial charge is 0.376 e. The fraction of sp³-hybridized carbons (Fsp3) is 0.667. The van der Waals surface area contributed by atoms with Crippen molar-refractivity contribution in [2.45, 2.75) is 32.6 Å². The van der Waals surface area contributed by atoms with Gasteiger partial charge in [-0.05, 0) is 19.3 Å². The maximum Gasteiger partial charge on any atom is 0.0833 e. The molecular formula is C9H15O. The number of terminal acetylenes is 1. The molecule has 1 nitrogen and oxygen atoms in total. The molecule has 0 atom stereocenters. The van der Waals surface area contributed by atoms with E-state index in [2.05, 4.69) is 12.8 Å². The maximum absolute atomic E-state index is 5.14. The van der Waals surface area contributed by atoms with Gasteiger partial charge in [-0.25, -0.2) is 0 Å². The zero-order chi connectivity index (χ0) is 7.66. The van der Waals surface area contributed by atoms with E-state index in [-0.39, 0.29) is 0 Å². The van der Waals surface area contributed by atoms with Gasteiger partial charge in [-0.3, -0.25) is 0 Å². The SMILES string of the molecule is C#CCCCCO[CH]CC. The van der Waals surface area contributed by atoms with Crippen molar-refractivity contribution < 1.29 is 4.74 Å². The molecule has 0 spiro atoms. The second kappa shape index (κ2) is 8.52. The van der Waals surface area contributed by atoms with Crippen LogP contribution < -0.4 is 0 Å². The van der Waals surface area contributed by atoms with Gasteiger partial charge in [-0.2, -0.15) is 0 Å². The molecule has 0 heterocycles. The Labute approximate surface area is 63.8 Å². The molecule has 0 unspecified atom stereocenters. The first-order chi connectivity index (χ1) is 4.91. The number of ether oxygens (including phenoxy) is 1. The van der Waals surface area contributed by atoms with Crippen molar-refractivity contribution in [3.8, 4) is 12.3 Å². The van der Waals surface area contributed by atoms with E-state index in [1.807, 2.05) is 6.61 Å². The van der Waals surface area contributed by atoms with Gasteiger partial charge in [0.1, 0.15) is 0 Å². The number of hydrogen-bond donors (Lipinski definition) is 0. The first-order valence-corrected chi connectivity index (χ1v) is 3.78. The highest BCUT2D eigenvalue weighted by Crippen LogP contribution is 1.96. The second-order valence-corrected chi connectivity index (χ2v) is 2.11. The van der Waals surface area contributed by atoms with E-state index in [0.29, 0.717) is 0 Å². The zero-order valence-electron chi connectivity index (χ0n) is 6.60. The average Bonchev–Trinajstić information content (AvgIpc) is 1.97. The van der Waals surface area contributed by atoms with Crippen molar-refractivity contribution in [3.63, 3.8) is 0 Å². The van der Waals surface area contributed by atoms with Crippen molar-refractivity contribution in [2.24, 2.45) is 0 Å². The maximum atomic E-state index is 5.14. The first-order valence-electron chi connectivity index (χ1n) is 3.78. The molecule has 1 heteroatoms. The minimum Gasteiger partial charge on any atom is -0.376 e. The number of hydrogen-bond acceptors (Lipinski definition) is 1. The van der Waals surface area contributed by atoms with Gasteiger partial charge in [0.25, 0.3) is 0 Å². The summed E-state index contributed by atoms with van der Waals surface area (Å²) in [7, 11) is 0. The molecule has 0 bridgehead atoms. The van der Waals surface area contributed by atoms with Gasteiger partial charge in [0.05, 0.1) is 6.61 Å². The molecule has 10 heavy (non-hydrogen) atoms. The van der Waals surface area contributed by atoms with E-state index >= 15 is 0 Å². The van der Waals surface area contributed by atoms with Crippen molar-refractivity contribution in [2.75, 3.05) is 6.61 Å². The number of unbranched alkanes of at least 4 members (excludes halogenated alkanes) is 2. The van der Waals surface area contributed by atoms with Crippen LogP contribution in [-0.4, -0.2) is 6.61 Å². The molecule has 1 radical (unpaired) electrons. The van der Waals surface area contributed by atoms with Gasteiger partial charge in [-0.15, -0.1) is 12.3 Å². The van der Waals surface area contributed by atoms with Crippen LogP contribution in [0, 0.1) is 19.0 Å². The lowest BCUT2D eigenvalue weighted by molar-refractivity contribution is 0.189. The van der Waals surface area contributed by atoms with Crippen LogP contribution in [-0.2, 0) is 4.74 Å². The van der Waals surface area contributed by atoms with Gasteiger partial charge >= 0.3 is 0 Å². The quantitative estimate of drug-likeness (QED) is 0.405. The van der Waals surface area contributed by atoms with E-state index in [1.54, 1.807) is 0 Å². The Balaban J connectivity index is 2.72. The van der Waals surface area contributed by atoms with Crippen LogP contribution in [0.1, 0.15) is 32.6 Å². The fourth-order valence-electron chi connectivity index (χ4n) is 0.614. The third-order valence-electron chi connectivity index (χ3n) is 1.12. The van der Waals surface area contributed by atoms with Crippen molar-refractivity contribution in [3.05, 3.63) is 6.61 Å². The molecule has 57 valence electrons. The summed E-state index contributed by atoms with van der Waals surface area (Å²) in [6.07, 6.45) is 9.07. The van der Waals surface area contributed by atoms with E-state index in [4.69, 9.17) is 11.2 Å². The molecule has 0 aliphatic heterocycles. The Hall–Kier alpha value is -0.480. The summed E-state index contributed by atoms with van der Waals surface area (Å²) in [4.78, 5) is 0. The third kappa shape index (κ3) is 7.52. The average molecular weight is 139 g/mol. The van der Waals surface area contributed by atoms with E-state index < -0.39 is 0 Å². The molecule has 0 aromatic carbocycles. The summed E-state index contributed by atoms with van der Waals surface area (Å²) in [5.74, 6) is 2.59. The summed E-state index contributed by atoms with van der Waals surface area (Å²) < 4.78 is 5.14. The molecule has 0 aliphatic carbocycles. The van der Waals surface area contributed by atoms with Crippen LogP contribution in [0.15, 0.2) is 0 Å². The third-order valence-corrected chi connectivity index (χ3v) is 1.12. The second-order valence-electron chi connectivity index (χ2n) is 2.11. The molecular weight excluding hydrogens is 124 g/mol. The molecule has 0 saturated carbocycles. The molecule has 0 aromatic heterocycles. The lowest BCUT2D eigenvalue weighted by Crippen LogP contribution is -1.90. The topological polar surface area (TPSA) is 9.23 Å². The Morgan fingerprint density at radius 1 is 1.50 bits per heavy atom. The van der Waals surface area contributed by atoms with Gasteiger partial charge in [0.2, 0.25) is 0 Å². The highest BCUT2D eigenvalue weighted by Gasteiger charge is 1.86. The highest BCUT2D eigenvalue weighted by atomic mass is 16.5. The van der Waals surface area contributed by atoms with Crippen LogP contribution in [0.4, 0.5) is 0 Å². The van der Waals surface area contributed by atoms with Crippen LogP contribution in [0.5, 0.6) is 0 Å². The Morgan fingerprint density at radius 2 is 2.30 bits per heavy atom. The fourth-order valence-corrected chi connectivity index (χ4v) is 0.614. The zero-order valence-corrected chi connectivity index (χ0v) is 6.60. The minimum absolute atomic E-state index is 0.815. The number of rotatable bonds is 6. The molecule has 0 aromatic rings. The van der Waals surface area contributed by atoms with Crippen LogP contribution in [0.3, 0.4) is 0 Å². The molecule has 0 fully saturated rings. The van der Waals surface area contributed by atoms with Crippen molar-refractivity contribution in [1.29, 1.82) is 0 Å². The summed E-state index contributed by atoms with van der Waals surface area (Å²) in [6, 6.07) is 0. The predicted molar refractivity (Wildman–Crippen MR) is 43.2 cm³/mol. The van der Waals surface area contributed by atoms with Crippen LogP contribution >= 0.6 is 0 Å². The van der Waals surface area contributed by atoms with Gasteiger partial charge in [0, 0.05) is 13.0 Å². The lowest BCUT2D eigenvalue weighted by atomic mass is 10.2. The normalized spacial score (nSPS) is 9.20. The van der Waals surface area contributed by atoms with Gasteiger partial charge in [-0.1, -0.05) is 6.92 Å². The standard InChI is InChI=1S/C9H15O/c1-3-5-6-7-9-10-8-4-2/h1,8H,4-7,9H2,2H3. The molecule has 0 aliphatic rings. The Bertz CT molecular complexity index is 91.4. The smallest absolute Gasteiger partial charge is 0.0833 e. The summed E-state index contributed by atoms with van der Waals surface area (Å²) >= 11 is 0. The lowest BCUT2D eigenvalue weighted by Gasteiger charge is -1.98. The molecule has 0 saturated heterocycles. The molecule has 0 N–H and O–H groups in total. The monoisotopic (exact) mass is 139 g/mol. The Morgan fingerprint density at radius 3 is 2.90 bits per heavy atom. The summed E-state index contributed by atoms with van der Waals surface area (Å²) in [6.45, 7) is 4.70. The van der Waals surface area contributed by atoms with Crippen LogP contribution in [0.2, 0.25) is 0 Å². The summed E-state index contributed by atoms with van der Waals surface area (Å²) in [5.41, 5.74) is 0. The highest BCUT2D eigenvalue weighted by molar-refractivity contribution is 4.82. The Kier molecular flexibility index (Phi) is 8.11. The van der Waals surface area contributed by atoms with E-state index in [0.717, 1.165) is 32.3 Å². The van der Waals surface area contributed by atoms with Crippen molar-refractivity contribution in [1.82, 2.24) is 0 Å². The van der Waals surface area contributed by atoms with E-state index in [9.17, 15) is 0 Å². The van der Waals surface area contributed by atoms with E-state index in [1.165, 1.54) is 0 Å². The van der Waals surface area contributed by atoms with Gasteiger partial charge < -0.3 is 4.74 Å². The van der Waals surface area contributed by atoms with Crippen LogP contribution in [0.25, 0.3) is 0 Å². The molecule has 0 amide bonds. The van der Waals surface area contributed by atoms with Gasteiger partial charge in [0.15, 0.2) is 0 Å². The summed E-state index contributed by atoms with van der Waals surface area (Å²) in [5, 5.41) is 0. The predicted octanol–water partition coefficient (Wildman–Crippen LogP) is 2.38. The first kappa shape index (κ1) is 9.52.